The van der Waals surface area contributed by atoms with E-state index in [1.807, 2.05) is 26.0 Å². The van der Waals surface area contributed by atoms with Crippen LogP contribution in [0.2, 0.25) is 0 Å². The predicted molar refractivity (Wildman–Crippen MR) is 112 cm³/mol. The molecule has 29 heavy (non-hydrogen) atoms. The molecule has 6 heteroatoms. The van der Waals surface area contributed by atoms with E-state index in [0.717, 1.165) is 16.5 Å². The molecule has 1 aromatic heterocycles. The third-order valence-corrected chi connectivity index (χ3v) is 5.03. The van der Waals surface area contributed by atoms with E-state index >= 15 is 0 Å². The zero-order valence-electron chi connectivity index (χ0n) is 16.9. The van der Waals surface area contributed by atoms with Gasteiger partial charge in [0, 0.05) is 34.2 Å². The quantitative estimate of drug-likeness (QED) is 0.501. The zero-order chi connectivity index (χ0) is 21.1. The van der Waals surface area contributed by atoms with Crippen molar-refractivity contribution in [1.29, 1.82) is 0 Å². The van der Waals surface area contributed by atoms with E-state index in [2.05, 4.69) is 5.32 Å². The highest BCUT2D eigenvalue weighted by molar-refractivity contribution is 5.97. The van der Waals surface area contributed by atoms with Gasteiger partial charge in [0.1, 0.15) is 11.3 Å². The van der Waals surface area contributed by atoms with E-state index in [0.29, 0.717) is 28.1 Å². The molecule has 0 radical (unpaired) electrons. The van der Waals surface area contributed by atoms with E-state index < -0.39 is 5.63 Å². The number of methoxy groups -OCH3 is 1. The van der Waals surface area contributed by atoms with Crippen molar-refractivity contribution >= 4 is 28.3 Å². The molecule has 0 unspecified atom stereocenters. The molecule has 150 valence electrons. The fourth-order valence-corrected chi connectivity index (χ4v) is 3.36. The minimum atomic E-state index is -0.447. The number of anilines is 1. The van der Waals surface area contributed by atoms with E-state index in [1.165, 1.54) is 6.92 Å². The molecule has 0 spiro atoms. The zero-order valence-corrected chi connectivity index (χ0v) is 16.9. The third kappa shape index (κ3) is 4.21. The molecular formula is C23H23NO5. The Morgan fingerprint density at radius 1 is 1.10 bits per heavy atom. The van der Waals surface area contributed by atoms with E-state index in [-0.39, 0.29) is 24.5 Å². The molecule has 0 aliphatic carbocycles. The first-order valence-electron chi connectivity index (χ1n) is 9.32. The molecule has 0 bridgehead atoms. The molecule has 0 fully saturated rings. The Morgan fingerprint density at radius 3 is 2.55 bits per heavy atom. The van der Waals surface area contributed by atoms with E-state index in [4.69, 9.17) is 9.15 Å². The van der Waals surface area contributed by atoms with Crippen LogP contribution >= 0.6 is 0 Å². The molecular weight excluding hydrogens is 370 g/mol. The van der Waals surface area contributed by atoms with Crippen molar-refractivity contribution in [2.75, 3.05) is 12.4 Å². The van der Waals surface area contributed by atoms with Crippen molar-refractivity contribution in [2.45, 2.75) is 33.6 Å². The number of fused-ring (bicyclic) bond motifs is 1. The summed E-state index contributed by atoms with van der Waals surface area (Å²) in [5, 5.41) is 3.59. The fraction of sp³-hybridized carbons (Fsp3) is 0.261. The van der Waals surface area contributed by atoms with Crippen molar-refractivity contribution in [3.63, 3.8) is 0 Å². The number of ketones is 1. The molecule has 0 atom stereocenters. The second-order valence-corrected chi connectivity index (χ2v) is 6.95. The first-order chi connectivity index (χ1) is 13.8. The van der Waals surface area contributed by atoms with Gasteiger partial charge in [0.15, 0.2) is 5.78 Å². The van der Waals surface area contributed by atoms with Gasteiger partial charge >= 0.3 is 5.63 Å². The third-order valence-electron chi connectivity index (χ3n) is 5.03. The van der Waals surface area contributed by atoms with Crippen LogP contribution in [-0.4, -0.2) is 18.8 Å². The lowest BCUT2D eigenvalue weighted by molar-refractivity contribution is -0.116. The maximum Gasteiger partial charge on any atom is 0.339 e. The van der Waals surface area contributed by atoms with Crippen molar-refractivity contribution < 1.29 is 18.7 Å². The van der Waals surface area contributed by atoms with Gasteiger partial charge in [0.05, 0.1) is 7.11 Å². The SMILES string of the molecule is COc1ccc2c(C)c(CCC(=O)Nc3cccc(C(C)=O)c3)c(=O)oc2c1C. The van der Waals surface area contributed by atoms with Crippen LogP contribution < -0.4 is 15.7 Å². The number of hydrogen-bond donors (Lipinski definition) is 1. The number of carbonyl (C=O) groups excluding carboxylic acids is 2. The number of nitrogens with one attached hydrogen (secondary N) is 1. The fourth-order valence-electron chi connectivity index (χ4n) is 3.36. The molecule has 0 saturated carbocycles. The van der Waals surface area contributed by atoms with Gasteiger partial charge in [-0.1, -0.05) is 12.1 Å². The van der Waals surface area contributed by atoms with Gasteiger partial charge in [0.25, 0.3) is 0 Å². The van der Waals surface area contributed by atoms with Crippen molar-refractivity contribution in [2.24, 2.45) is 0 Å². The minimum Gasteiger partial charge on any atom is -0.496 e. The summed E-state index contributed by atoms with van der Waals surface area (Å²) in [6.45, 7) is 5.17. The van der Waals surface area contributed by atoms with Gasteiger partial charge < -0.3 is 14.5 Å². The Kier molecular flexibility index (Phi) is 5.82. The number of aryl methyl sites for hydroxylation is 2. The molecule has 3 rings (SSSR count). The Labute approximate surface area is 168 Å². The highest BCUT2D eigenvalue weighted by Crippen LogP contribution is 2.29. The van der Waals surface area contributed by atoms with Gasteiger partial charge in [-0.05, 0) is 57.0 Å². The molecule has 6 nitrogen and oxygen atoms in total. The number of benzene rings is 2. The molecule has 1 N–H and O–H groups in total. The molecule has 1 heterocycles. The highest BCUT2D eigenvalue weighted by atomic mass is 16.5. The Morgan fingerprint density at radius 2 is 1.86 bits per heavy atom. The second-order valence-electron chi connectivity index (χ2n) is 6.95. The summed E-state index contributed by atoms with van der Waals surface area (Å²) in [5.74, 6) is 0.341. The molecule has 1 amide bonds. The topological polar surface area (TPSA) is 85.6 Å². The highest BCUT2D eigenvalue weighted by Gasteiger charge is 2.16. The lowest BCUT2D eigenvalue weighted by Gasteiger charge is -2.12. The maximum atomic E-state index is 12.5. The standard InChI is InChI=1S/C23H23NO5/c1-13-18-8-10-20(28-4)14(2)22(18)29-23(27)19(13)9-11-21(26)24-17-7-5-6-16(12-17)15(3)25/h5-8,10,12H,9,11H2,1-4H3,(H,24,26). The van der Waals surface area contributed by atoms with Crippen LogP contribution in [0.15, 0.2) is 45.6 Å². The van der Waals surface area contributed by atoms with Crippen LogP contribution in [0.5, 0.6) is 5.75 Å². The smallest absolute Gasteiger partial charge is 0.339 e. The van der Waals surface area contributed by atoms with Gasteiger partial charge in [-0.25, -0.2) is 4.79 Å². The van der Waals surface area contributed by atoms with Gasteiger partial charge in [-0.3, -0.25) is 9.59 Å². The van der Waals surface area contributed by atoms with E-state index in [1.54, 1.807) is 31.4 Å². The average molecular weight is 393 g/mol. The summed E-state index contributed by atoms with van der Waals surface area (Å²) in [6, 6.07) is 10.4. The Bertz CT molecular complexity index is 1160. The summed E-state index contributed by atoms with van der Waals surface area (Å²) < 4.78 is 10.8. The van der Waals surface area contributed by atoms with Crippen LogP contribution in [0.1, 0.15) is 40.4 Å². The summed E-state index contributed by atoms with van der Waals surface area (Å²) in [7, 11) is 1.57. The lowest BCUT2D eigenvalue weighted by Crippen LogP contribution is -2.17. The monoisotopic (exact) mass is 393 g/mol. The summed E-state index contributed by atoms with van der Waals surface area (Å²) in [5.41, 5.74) is 3.18. The number of ether oxygens (including phenoxy) is 1. The summed E-state index contributed by atoms with van der Waals surface area (Å²) in [4.78, 5) is 36.3. The Hall–Kier alpha value is -3.41. The van der Waals surface area contributed by atoms with Gasteiger partial charge in [0.2, 0.25) is 5.91 Å². The predicted octanol–water partition coefficient (Wildman–Crippen LogP) is 4.19. The second kappa shape index (κ2) is 8.31. The van der Waals surface area contributed by atoms with Crippen molar-refractivity contribution in [3.05, 3.63) is 69.1 Å². The Balaban J connectivity index is 1.80. The molecule has 0 aliphatic heterocycles. The number of rotatable bonds is 6. The maximum absolute atomic E-state index is 12.5. The molecule has 0 aliphatic rings. The van der Waals surface area contributed by atoms with Crippen LogP contribution in [0, 0.1) is 13.8 Å². The van der Waals surface area contributed by atoms with Crippen molar-refractivity contribution in [3.8, 4) is 5.75 Å². The molecule has 3 aromatic rings. The lowest BCUT2D eigenvalue weighted by atomic mass is 10.00. The summed E-state index contributed by atoms with van der Waals surface area (Å²) >= 11 is 0. The van der Waals surface area contributed by atoms with Crippen molar-refractivity contribution in [1.82, 2.24) is 0 Å². The molecule has 2 aromatic carbocycles. The van der Waals surface area contributed by atoms with Gasteiger partial charge in [-0.15, -0.1) is 0 Å². The first kappa shape index (κ1) is 20.3. The van der Waals surface area contributed by atoms with Crippen LogP contribution in [0.4, 0.5) is 5.69 Å². The molecule has 0 saturated heterocycles. The first-order valence-corrected chi connectivity index (χ1v) is 9.32. The average Bonchev–Trinajstić information content (AvgIpc) is 2.69. The minimum absolute atomic E-state index is 0.0718. The number of carbonyl (C=O) groups is 2. The number of Topliss-reactive ketones (excluding diaryl/α,β-unsaturated/α-hetero) is 1. The number of hydrogen-bond acceptors (Lipinski definition) is 5. The summed E-state index contributed by atoms with van der Waals surface area (Å²) in [6.07, 6.45) is 0.379. The van der Waals surface area contributed by atoms with Crippen LogP contribution in [0.25, 0.3) is 11.0 Å². The van der Waals surface area contributed by atoms with Crippen LogP contribution in [-0.2, 0) is 11.2 Å². The normalized spacial score (nSPS) is 10.8. The van der Waals surface area contributed by atoms with E-state index in [9.17, 15) is 14.4 Å². The van der Waals surface area contributed by atoms with Crippen LogP contribution in [0.3, 0.4) is 0 Å². The van der Waals surface area contributed by atoms with Gasteiger partial charge in [-0.2, -0.15) is 0 Å². The number of amides is 1. The largest absolute Gasteiger partial charge is 0.496 e.